The minimum atomic E-state index is -0.598. The molecule has 5 aromatic rings. The lowest BCUT2D eigenvalue weighted by molar-refractivity contribution is -0.119. The molecule has 1 aromatic heterocycles. The fraction of sp³-hybridized carbons (Fsp3) is 0.176. The lowest BCUT2D eigenvalue weighted by Gasteiger charge is -2.13. The van der Waals surface area contributed by atoms with E-state index in [1.54, 1.807) is 18.2 Å². The third-order valence-electron chi connectivity index (χ3n) is 6.89. The summed E-state index contributed by atoms with van der Waals surface area (Å²) >= 11 is 0. The van der Waals surface area contributed by atoms with Crippen LogP contribution in [0.3, 0.4) is 0 Å². The predicted octanol–water partition coefficient (Wildman–Crippen LogP) is 7.25. The van der Waals surface area contributed by atoms with E-state index in [9.17, 15) is 9.59 Å². The standard InChI is InChI=1S/C34H31N3O3/c1-5-24-8-6-7-23(4)31(24)37-30(38)20-40-34(39)27-17-18-28-29(19-27)36-33(26-15-11-22(3)12-16-26)32(35-28)25-13-9-21(2)10-14-25/h6-19H,5,20H2,1-4H3,(H,37,38). The van der Waals surface area contributed by atoms with Crippen molar-refractivity contribution in [2.24, 2.45) is 0 Å². The number of nitrogens with zero attached hydrogens (tertiary/aromatic N) is 2. The van der Waals surface area contributed by atoms with Gasteiger partial charge in [-0.1, -0.05) is 84.8 Å². The van der Waals surface area contributed by atoms with Crippen LogP contribution < -0.4 is 5.32 Å². The molecule has 0 spiro atoms. The molecule has 6 nitrogen and oxygen atoms in total. The number of anilines is 1. The highest BCUT2D eigenvalue weighted by atomic mass is 16.5. The molecule has 6 heteroatoms. The Bertz CT molecular complexity index is 1710. The number of hydrogen-bond acceptors (Lipinski definition) is 5. The first-order chi connectivity index (χ1) is 19.3. The molecule has 40 heavy (non-hydrogen) atoms. The van der Waals surface area contributed by atoms with Crippen LogP contribution in [0.1, 0.15) is 39.5 Å². The van der Waals surface area contributed by atoms with Crippen LogP contribution in [-0.4, -0.2) is 28.5 Å². The van der Waals surface area contributed by atoms with Gasteiger partial charge in [0, 0.05) is 16.8 Å². The number of benzene rings is 4. The SMILES string of the molecule is CCc1cccc(C)c1NC(=O)COC(=O)c1ccc2nc(-c3ccc(C)cc3)c(-c3ccc(C)cc3)nc2c1. The second kappa shape index (κ2) is 11.5. The summed E-state index contributed by atoms with van der Waals surface area (Å²) in [5.41, 5.74) is 9.99. The number of ether oxygens (including phenoxy) is 1. The van der Waals surface area contributed by atoms with Gasteiger partial charge in [0.15, 0.2) is 6.61 Å². The van der Waals surface area contributed by atoms with E-state index in [-0.39, 0.29) is 12.5 Å². The van der Waals surface area contributed by atoms with Crippen molar-refractivity contribution in [3.63, 3.8) is 0 Å². The van der Waals surface area contributed by atoms with Crippen LogP contribution >= 0.6 is 0 Å². The summed E-state index contributed by atoms with van der Waals surface area (Å²) in [5, 5.41) is 2.88. The van der Waals surface area contributed by atoms with E-state index in [0.29, 0.717) is 16.6 Å². The van der Waals surface area contributed by atoms with E-state index in [1.807, 2.05) is 82.3 Å². The van der Waals surface area contributed by atoms with Gasteiger partial charge in [-0.05, 0) is 56.5 Å². The summed E-state index contributed by atoms with van der Waals surface area (Å²) in [4.78, 5) is 35.4. The Morgan fingerprint density at radius 1 is 0.750 bits per heavy atom. The van der Waals surface area contributed by atoms with E-state index in [0.717, 1.165) is 56.9 Å². The van der Waals surface area contributed by atoms with Crippen molar-refractivity contribution < 1.29 is 14.3 Å². The lowest BCUT2D eigenvalue weighted by atomic mass is 10.0. The fourth-order valence-corrected chi connectivity index (χ4v) is 4.60. The van der Waals surface area contributed by atoms with Crippen LogP contribution in [0.5, 0.6) is 0 Å². The van der Waals surface area contributed by atoms with Crippen LogP contribution in [0, 0.1) is 20.8 Å². The molecule has 0 saturated carbocycles. The smallest absolute Gasteiger partial charge is 0.338 e. The Labute approximate surface area is 234 Å². The Morgan fingerprint density at radius 3 is 1.95 bits per heavy atom. The number of fused-ring (bicyclic) bond motifs is 1. The second-order valence-corrected chi connectivity index (χ2v) is 9.94. The first-order valence-electron chi connectivity index (χ1n) is 13.3. The molecular weight excluding hydrogens is 498 g/mol. The number of aromatic nitrogens is 2. The van der Waals surface area contributed by atoms with Crippen LogP contribution in [0.4, 0.5) is 5.69 Å². The van der Waals surface area contributed by atoms with Gasteiger partial charge >= 0.3 is 5.97 Å². The molecule has 0 fully saturated rings. The number of carbonyl (C=O) groups excluding carboxylic acids is 2. The average Bonchev–Trinajstić information content (AvgIpc) is 2.97. The van der Waals surface area contributed by atoms with E-state index in [4.69, 9.17) is 14.7 Å². The molecule has 1 N–H and O–H groups in total. The van der Waals surface area contributed by atoms with Gasteiger partial charge in [0.2, 0.25) is 0 Å². The molecular formula is C34H31N3O3. The van der Waals surface area contributed by atoms with Gasteiger partial charge in [0.25, 0.3) is 5.91 Å². The van der Waals surface area contributed by atoms with Crippen molar-refractivity contribution in [3.8, 4) is 22.5 Å². The largest absolute Gasteiger partial charge is 0.452 e. The number of nitrogens with one attached hydrogen (secondary N) is 1. The van der Waals surface area contributed by atoms with Gasteiger partial charge in [-0.2, -0.15) is 0 Å². The van der Waals surface area contributed by atoms with E-state index >= 15 is 0 Å². The van der Waals surface area contributed by atoms with Gasteiger partial charge in [-0.25, -0.2) is 14.8 Å². The molecule has 0 aliphatic rings. The second-order valence-electron chi connectivity index (χ2n) is 9.94. The summed E-state index contributed by atoms with van der Waals surface area (Å²) in [5.74, 6) is -0.985. The number of para-hydroxylation sites is 1. The van der Waals surface area contributed by atoms with E-state index in [1.165, 1.54) is 0 Å². The Kier molecular flexibility index (Phi) is 7.69. The van der Waals surface area contributed by atoms with Gasteiger partial charge in [0.05, 0.1) is 28.0 Å². The maximum atomic E-state index is 12.9. The van der Waals surface area contributed by atoms with Crippen molar-refractivity contribution in [3.05, 3.63) is 113 Å². The molecule has 0 radical (unpaired) electrons. The summed E-state index contributed by atoms with van der Waals surface area (Å²) in [6.45, 7) is 7.67. The highest BCUT2D eigenvalue weighted by molar-refractivity contribution is 5.98. The number of hydrogen-bond donors (Lipinski definition) is 1. The zero-order valence-corrected chi connectivity index (χ0v) is 23.1. The summed E-state index contributed by atoms with van der Waals surface area (Å²) in [6.07, 6.45) is 0.783. The number of amides is 1. The predicted molar refractivity (Wildman–Crippen MR) is 159 cm³/mol. The third-order valence-corrected chi connectivity index (χ3v) is 6.89. The topological polar surface area (TPSA) is 81.2 Å². The number of esters is 1. The first kappa shape index (κ1) is 26.8. The maximum Gasteiger partial charge on any atom is 0.338 e. The zero-order valence-electron chi connectivity index (χ0n) is 23.1. The highest BCUT2D eigenvalue weighted by Gasteiger charge is 2.17. The fourth-order valence-electron chi connectivity index (χ4n) is 4.60. The Hall–Kier alpha value is -4.84. The van der Waals surface area contributed by atoms with Crippen LogP contribution in [0.15, 0.2) is 84.9 Å². The van der Waals surface area contributed by atoms with Crippen molar-refractivity contribution in [1.29, 1.82) is 0 Å². The minimum absolute atomic E-state index is 0.303. The van der Waals surface area contributed by atoms with Gasteiger partial charge < -0.3 is 10.1 Å². The molecule has 0 saturated heterocycles. The number of rotatable bonds is 7. The number of aryl methyl sites for hydroxylation is 4. The quantitative estimate of drug-likeness (QED) is 0.225. The molecule has 200 valence electrons. The first-order valence-corrected chi connectivity index (χ1v) is 13.3. The highest BCUT2D eigenvalue weighted by Crippen LogP contribution is 2.32. The minimum Gasteiger partial charge on any atom is -0.452 e. The molecule has 4 aromatic carbocycles. The van der Waals surface area contributed by atoms with Crippen molar-refractivity contribution in [1.82, 2.24) is 9.97 Å². The van der Waals surface area contributed by atoms with E-state index < -0.39 is 5.97 Å². The molecule has 0 unspecified atom stereocenters. The number of carbonyl (C=O) groups is 2. The summed E-state index contributed by atoms with van der Waals surface area (Å²) < 4.78 is 5.36. The van der Waals surface area contributed by atoms with Crippen molar-refractivity contribution in [2.75, 3.05) is 11.9 Å². The molecule has 0 bridgehead atoms. The maximum absolute atomic E-state index is 12.9. The Balaban J connectivity index is 1.41. The Morgan fingerprint density at radius 2 is 1.35 bits per heavy atom. The van der Waals surface area contributed by atoms with E-state index in [2.05, 4.69) is 17.4 Å². The molecule has 5 rings (SSSR count). The van der Waals surface area contributed by atoms with Gasteiger partial charge in [0.1, 0.15) is 0 Å². The van der Waals surface area contributed by atoms with Gasteiger partial charge in [-0.15, -0.1) is 0 Å². The molecule has 1 heterocycles. The molecule has 0 atom stereocenters. The zero-order chi connectivity index (χ0) is 28.2. The average molecular weight is 530 g/mol. The van der Waals surface area contributed by atoms with Crippen LogP contribution in [0.25, 0.3) is 33.5 Å². The van der Waals surface area contributed by atoms with Crippen LogP contribution in [0.2, 0.25) is 0 Å². The summed E-state index contributed by atoms with van der Waals surface area (Å²) in [6, 6.07) is 27.3. The van der Waals surface area contributed by atoms with Crippen LogP contribution in [-0.2, 0) is 16.0 Å². The molecule has 0 aliphatic carbocycles. The lowest BCUT2D eigenvalue weighted by Crippen LogP contribution is -2.22. The molecule has 0 aliphatic heterocycles. The normalized spacial score (nSPS) is 10.9. The van der Waals surface area contributed by atoms with Gasteiger partial charge in [-0.3, -0.25) is 4.79 Å². The molecule has 1 amide bonds. The monoisotopic (exact) mass is 529 g/mol. The van der Waals surface area contributed by atoms with Crippen molar-refractivity contribution in [2.45, 2.75) is 34.1 Å². The third kappa shape index (κ3) is 5.76. The van der Waals surface area contributed by atoms with Crippen molar-refractivity contribution >= 4 is 28.6 Å². The summed E-state index contributed by atoms with van der Waals surface area (Å²) in [7, 11) is 0.